The Bertz CT molecular complexity index is 740. The molecule has 218 valence electrons. The van der Waals surface area contributed by atoms with Gasteiger partial charge < -0.3 is 37.9 Å². The van der Waals surface area contributed by atoms with Gasteiger partial charge in [-0.15, -0.1) is 0 Å². The summed E-state index contributed by atoms with van der Waals surface area (Å²) in [6.07, 6.45) is 3.29. The predicted molar refractivity (Wildman–Crippen MR) is 141 cm³/mol. The first kappa shape index (κ1) is 33.9. The first-order chi connectivity index (χ1) is 18.3. The largest absolute Gasteiger partial charge is 0.402 e. The molecule has 2 unspecified atom stereocenters. The van der Waals surface area contributed by atoms with E-state index in [2.05, 4.69) is 0 Å². The molecule has 0 aliphatic rings. The molecule has 0 amide bonds. The number of ether oxygens (including phenoxy) is 8. The molecule has 0 bridgehead atoms. The van der Waals surface area contributed by atoms with E-state index in [1.54, 1.807) is 19.9 Å². The van der Waals surface area contributed by atoms with Crippen molar-refractivity contribution >= 4 is 11.9 Å². The van der Waals surface area contributed by atoms with Crippen LogP contribution in [0.2, 0.25) is 0 Å². The molecular formula is C28H46O10. The molecular weight excluding hydrogens is 496 g/mol. The summed E-state index contributed by atoms with van der Waals surface area (Å²) in [7, 11) is 0. The van der Waals surface area contributed by atoms with Crippen molar-refractivity contribution < 1.29 is 47.5 Å². The third kappa shape index (κ3) is 11.8. The van der Waals surface area contributed by atoms with Gasteiger partial charge in [-0.1, -0.05) is 32.8 Å². The van der Waals surface area contributed by atoms with Crippen LogP contribution in [0.15, 0.2) is 24.3 Å². The zero-order valence-corrected chi connectivity index (χ0v) is 23.9. The maximum absolute atomic E-state index is 13.1. The van der Waals surface area contributed by atoms with Gasteiger partial charge in [0.1, 0.15) is 13.2 Å². The number of unbranched alkanes of at least 4 members (excludes halogenated alkanes) is 2. The lowest BCUT2D eigenvalue weighted by atomic mass is 10.1. The Balaban J connectivity index is 3.15. The van der Waals surface area contributed by atoms with Gasteiger partial charge in [-0.3, -0.25) is 0 Å². The van der Waals surface area contributed by atoms with Gasteiger partial charge >= 0.3 is 23.9 Å². The summed E-state index contributed by atoms with van der Waals surface area (Å²) in [4.78, 5) is 26.3. The van der Waals surface area contributed by atoms with E-state index in [4.69, 9.17) is 37.9 Å². The Hall–Kier alpha value is -2.08. The quantitative estimate of drug-likeness (QED) is 0.112. The molecule has 0 spiro atoms. The molecule has 1 rings (SSSR count). The summed E-state index contributed by atoms with van der Waals surface area (Å²) < 4.78 is 45.4. The molecule has 0 saturated heterocycles. The molecule has 1 aromatic carbocycles. The second-order valence-corrected chi connectivity index (χ2v) is 8.27. The lowest BCUT2D eigenvalue weighted by Gasteiger charge is -2.32. The highest BCUT2D eigenvalue weighted by atomic mass is 16.9. The monoisotopic (exact) mass is 542 g/mol. The number of carbonyl (C=O) groups excluding carboxylic acids is 2. The van der Waals surface area contributed by atoms with Crippen LogP contribution in [0.25, 0.3) is 0 Å². The topological polar surface area (TPSA) is 108 Å². The van der Waals surface area contributed by atoms with Crippen molar-refractivity contribution in [3.8, 4) is 0 Å². The SMILES string of the molecule is CCCCOC(COCC)(OCC)OC(=O)c1cccc(C(=O)OC(COCC)(OCC)OCCCC)c1. The van der Waals surface area contributed by atoms with E-state index in [9.17, 15) is 9.59 Å². The average molecular weight is 543 g/mol. The van der Waals surface area contributed by atoms with Crippen LogP contribution in [0, 0.1) is 0 Å². The van der Waals surface area contributed by atoms with E-state index in [0.29, 0.717) is 26.4 Å². The fraction of sp³-hybridized carbons (Fsp3) is 0.714. The normalized spacial score (nSPS) is 14.5. The molecule has 0 N–H and O–H groups in total. The maximum Gasteiger partial charge on any atom is 0.354 e. The fourth-order valence-corrected chi connectivity index (χ4v) is 3.24. The molecule has 0 heterocycles. The number of carbonyl (C=O) groups is 2. The summed E-state index contributed by atoms with van der Waals surface area (Å²) >= 11 is 0. The molecule has 0 saturated carbocycles. The minimum absolute atomic E-state index is 0.0993. The Kier molecular flexibility index (Phi) is 17.0. The van der Waals surface area contributed by atoms with Crippen molar-refractivity contribution in [3.05, 3.63) is 35.4 Å². The minimum Gasteiger partial charge on any atom is -0.402 e. The first-order valence-electron chi connectivity index (χ1n) is 13.6. The number of esters is 2. The van der Waals surface area contributed by atoms with Crippen molar-refractivity contribution in [2.24, 2.45) is 0 Å². The Morgan fingerprint density at radius 1 is 0.632 bits per heavy atom. The van der Waals surface area contributed by atoms with Crippen LogP contribution in [0.3, 0.4) is 0 Å². The van der Waals surface area contributed by atoms with Gasteiger partial charge in [0.25, 0.3) is 0 Å². The highest BCUT2D eigenvalue weighted by Gasteiger charge is 2.39. The molecule has 2 atom stereocenters. The van der Waals surface area contributed by atoms with Crippen LogP contribution in [-0.2, 0) is 37.9 Å². The molecule has 1 aromatic rings. The van der Waals surface area contributed by atoms with Gasteiger partial charge in [0, 0.05) is 13.2 Å². The van der Waals surface area contributed by atoms with Gasteiger partial charge in [-0.25, -0.2) is 9.59 Å². The molecule has 0 aliphatic heterocycles. The Labute approximate surface area is 227 Å². The number of hydrogen-bond acceptors (Lipinski definition) is 10. The van der Waals surface area contributed by atoms with Crippen molar-refractivity contribution in [2.75, 3.05) is 52.9 Å². The fourth-order valence-electron chi connectivity index (χ4n) is 3.24. The Morgan fingerprint density at radius 3 is 1.39 bits per heavy atom. The van der Waals surface area contributed by atoms with Gasteiger partial charge in [0.15, 0.2) is 0 Å². The summed E-state index contributed by atoms with van der Waals surface area (Å²) in [5.41, 5.74) is 0.218. The van der Waals surface area contributed by atoms with Crippen LogP contribution in [0.4, 0.5) is 0 Å². The summed E-state index contributed by atoms with van der Waals surface area (Å²) in [6.45, 7) is 12.9. The summed E-state index contributed by atoms with van der Waals surface area (Å²) in [6, 6.07) is 5.98. The minimum atomic E-state index is -1.71. The third-order valence-electron chi connectivity index (χ3n) is 5.16. The van der Waals surface area contributed by atoms with E-state index in [1.165, 1.54) is 18.2 Å². The molecule has 0 aromatic heterocycles. The molecule has 38 heavy (non-hydrogen) atoms. The van der Waals surface area contributed by atoms with Crippen LogP contribution < -0.4 is 0 Å². The van der Waals surface area contributed by atoms with Crippen LogP contribution >= 0.6 is 0 Å². The van der Waals surface area contributed by atoms with Gasteiger partial charge in [-0.05, 0) is 58.7 Å². The van der Waals surface area contributed by atoms with Crippen molar-refractivity contribution in [1.82, 2.24) is 0 Å². The lowest BCUT2D eigenvalue weighted by molar-refractivity contribution is -0.370. The molecule has 0 aliphatic carbocycles. The van der Waals surface area contributed by atoms with Gasteiger partial charge in [0.05, 0.1) is 37.6 Å². The van der Waals surface area contributed by atoms with Crippen molar-refractivity contribution in [3.63, 3.8) is 0 Å². The van der Waals surface area contributed by atoms with Crippen LogP contribution in [0.1, 0.15) is 87.9 Å². The van der Waals surface area contributed by atoms with E-state index in [-0.39, 0.29) is 37.6 Å². The van der Waals surface area contributed by atoms with E-state index < -0.39 is 23.9 Å². The third-order valence-corrected chi connectivity index (χ3v) is 5.16. The van der Waals surface area contributed by atoms with Gasteiger partial charge in [0.2, 0.25) is 0 Å². The first-order valence-corrected chi connectivity index (χ1v) is 13.6. The highest BCUT2D eigenvalue weighted by molar-refractivity contribution is 5.95. The molecule has 10 heteroatoms. The second-order valence-electron chi connectivity index (χ2n) is 8.27. The Morgan fingerprint density at radius 2 is 1.05 bits per heavy atom. The predicted octanol–water partition coefficient (Wildman–Crippen LogP) is 5.09. The summed E-state index contributed by atoms with van der Waals surface area (Å²) in [5, 5.41) is 0. The number of rotatable bonds is 22. The van der Waals surface area contributed by atoms with Crippen LogP contribution in [0.5, 0.6) is 0 Å². The maximum atomic E-state index is 13.1. The van der Waals surface area contributed by atoms with Crippen LogP contribution in [-0.4, -0.2) is 76.7 Å². The van der Waals surface area contributed by atoms with E-state index in [0.717, 1.165) is 25.7 Å². The lowest BCUT2D eigenvalue weighted by Crippen LogP contribution is -2.46. The number of benzene rings is 1. The van der Waals surface area contributed by atoms with E-state index in [1.807, 2.05) is 27.7 Å². The second kappa shape index (κ2) is 19.1. The summed E-state index contributed by atoms with van der Waals surface area (Å²) in [5.74, 6) is -4.90. The van der Waals surface area contributed by atoms with Gasteiger partial charge in [-0.2, -0.15) is 0 Å². The zero-order valence-electron chi connectivity index (χ0n) is 23.9. The molecule has 10 nitrogen and oxygen atoms in total. The standard InChI is InChI=1S/C28H46O10/c1-7-13-18-35-27(33-11-5,21-31-9-3)37-25(29)23-16-15-17-24(20-23)26(30)38-28(34-12-6,22-32-10-4)36-19-14-8-2/h15-17,20H,7-14,18-19,21-22H2,1-6H3. The molecule has 0 radical (unpaired) electrons. The van der Waals surface area contributed by atoms with Crippen molar-refractivity contribution in [1.29, 1.82) is 0 Å². The van der Waals surface area contributed by atoms with Crippen molar-refractivity contribution in [2.45, 2.75) is 79.2 Å². The number of hydrogen-bond donors (Lipinski definition) is 0. The smallest absolute Gasteiger partial charge is 0.354 e. The average Bonchev–Trinajstić information content (AvgIpc) is 2.91. The zero-order chi connectivity index (χ0) is 28.3. The molecule has 0 fully saturated rings. The van der Waals surface area contributed by atoms with E-state index >= 15 is 0 Å². The highest BCUT2D eigenvalue weighted by Crippen LogP contribution is 2.23.